The second kappa shape index (κ2) is 6.23. The van der Waals surface area contributed by atoms with Crippen molar-refractivity contribution in [3.8, 4) is 11.8 Å². The minimum atomic E-state index is -0.0826. The van der Waals surface area contributed by atoms with Crippen molar-refractivity contribution < 1.29 is 9.90 Å². The van der Waals surface area contributed by atoms with Gasteiger partial charge >= 0.3 is 0 Å². The molecule has 1 aromatic heterocycles. The van der Waals surface area contributed by atoms with E-state index in [2.05, 4.69) is 17.2 Å². The summed E-state index contributed by atoms with van der Waals surface area (Å²) >= 11 is 1.38. The summed E-state index contributed by atoms with van der Waals surface area (Å²) in [5.74, 6) is 5.59. The van der Waals surface area contributed by atoms with E-state index in [9.17, 15) is 4.79 Å². The molecule has 0 fully saturated rings. The Labute approximate surface area is 93.1 Å². The van der Waals surface area contributed by atoms with Crippen LogP contribution in [0.1, 0.15) is 28.6 Å². The zero-order valence-electron chi connectivity index (χ0n) is 8.54. The third-order valence-electron chi connectivity index (χ3n) is 1.67. The zero-order valence-corrected chi connectivity index (χ0v) is 9.36. The molecule has 0 spiro atoms. The van der Waals surface area contributed by atoms with Crippen LogP contribution < -0.4 is 5.32 Å². The van der Waals surface area contributed by atoms with Gasteiger partial charge in [0.2, 0.25) is 0 Å². The van der Waals surface area contributed by atoms with E-state index >= 15 is 0 Å². The molecule has 0 bridgehead atoms. The lowest BCUT2D eigenvalue weighted by Gasteiger charge is -1.98. The Hall–Kier alpha value is -1.31. The molecule has 0 aliphatic rings. The van der Waals surface area contributed by atoms with Gasteiger partial charge in [-0.3, -0.25) is 4.79 Å². The van der Waals surface area contributed by atoms with Crippen molar-refractivity contribution in [2.24, 2.45) is 0 Å². The number of hydrogen-bond acceptors (Lipinski definition) is 3. The van der Waals surface area contributed by atoms with E-state index in [1.165, 1.54) is 11.3 Å². The molecule has 0 radical (unpaired) electrons. The molecule has 4 heteroatoms. The van der Waals surface area contributed by atoms with Gasteiger partial charge in [-0.1, -0.05) is 11.8 Å². The van der Waals surface area contributed by atoms with E-state index in [1.807, 2.05) is 18.4 Å². The highest BCUT2D eigenvalue weighted by atomic mass is 32.1. The molecule has 1 aromatic rings. The van der Waals surface area contributed by atoms with Crippen molar-refractivity contribution in [3.05, 3.63) is 21.9 Å². The van der Waals surface area contributed by atoms with Gasteiger partial charge < -0.3 is 10.4 Å². The molecule has 0 atom stereocenters. The molecule has 80 valence electrons. The highest BCUT2D eigenvalue weighted by Crippen LogP contribution is 2.15. The van der Waals surface area contributed by atoms with Crippen molar-refractivity contribution in [3.63, 3.8) is 0 Å². The maximum absolute atomic E-state index is 11.5. The number of nitrogens with one attached hydrogen (secondary N) is 1. The minimum Gasteiger partial charge on any atom is -0.395 e. The molecule has 15 heavy (non-hydrogen) atoms. The maximum Gasteiger partial charge on any atom is 0.262 e. The lowest BCUT2D eigenvalue weighted by molar-refractivity contribution is 0.0959. The number of rotatable bonds is 3. The molecule has 0 saturated carbocycles. The van der Waals surface area contributed by atoms with Crippen molar-refractivity contribution in [1.82, 2.24) is 5.32 Å². The fraction of sp³-hybridized carbons (Fsp3) is 0.364. The number of amides is 1. The number of carbonyl (C=O) groups is 1. The van der Waals surface area contributed by atoms with Crippen LogP contribution in [0.25, 0.3) is 0 Å². The first-order valence-corrected chi connectivity index (χ1v) is 5.63. The zero-order chi connectivity index (χ0) is 11.1. The van der Waals surface area contributed by atoms with Gasteiger partial charge in [-0.05, 0) is 18.4 Å². The lowest BCUT2D eigenvalue weighted by atomic mass is 10.2. The molecule has 1 amide bonds. The molecule has 3 nitrogen and oxygen atoms in total. The summed E-state index contributed by atoms with van der Waals surface area (Å²) in [6.07, 6.45) is 0.435. The third kappa shape index (κ3) is 3.39. The van der Waals surface area contributed by atoms with Crippen LogP contribution in [-0.2, 0) is 0 Å². The number of aliphatic hydroxyl groups excluding tert-OH is 1. The summed E-state index contributed by atoms with van der Waals surface area (Å²) in [5.41, 5.74) is 0.736. The molecule has 0 unspecified atom stereocenters. The van der Waals surface area contributed by atoms with Crippen molar-refractivity contribution >= 4 is 17.2 Å². The smallest absolute Gasteiger partial charge is 0.262 e. The Morgan fingerprint density at radius 1 is 1.67 bits per heavy atom. The predicted molar refractivity (Wildman–Crippen MR) is 60.9 cm³/mol. The van der Waals surface area contributed by atoms with Crippen LogP contribution in [0.4, 0.5) is 0 Å². The van der Waals surface area contributed by atoms with Gasteiger partial charge in [-0.2, -0.15) is 0 Å². The molecule has 1 rings (SSSR count). The summed E-state index contributed by atoms with van der Waals surface area (Å²) in [4.78, 5) is 12.2. The topological polar surface area (TPSA) is 49.3 Å². The van der Waals surface area contributed by atoms with Crippen LogP contribution in [0.2, 0.25) is 0 Å². The van der Waals surface area contributed by atoms with E-state index in [-0.39, 0.29) is 12.5 Å². The summed E-state index contributed by atoms with van der Waals surface area (Å²) in [6.45, 7) is 2.54. The Kier molecular flexibility index (Phi) is 4.88. The highest BCUT2D eigenvalue weighted by molar-refractivity contribution is 7.12. The van der Waals surface area contributed by atoms with Crippen LogP contribution >= 0.6 is 11.3 Å². The van der Waals surface area contributed by atoms with Crippen molar-refractivity contribution in [2.45, 2.75) is 13.3 Å². The average molecular weight is 223 g/mol. The highest BCUT2D eigenvalue weighted by Gasteiger charge is 2.09. The summed E-state index contributed by atoms with van der Waals surface area (Å²) in [5, 5.41) is 13.2. The standard InChI is InChI=1S/C11H13NO2S/c1-2-12-11(14)10-9(6-8-15-10)5-3-4-7-13/h6,8,13H,2,4,7H2,1H3,(H,12,14). The Balaban J connectivity index is 2.78. The van der Waals surface area contributed by atoms with Gasteiger partial charge in [0.15, 0.2) is 0 Å². The molecule has 0 saturated heterocycles. The molecular formula is C11H13NO2S. The van der Waals surface area contributed by atoms with Crippen LogP contribution in [0, 0.1) is 11.8 Å². The van der Waals surface area contributed by atoms with E-state index in [0.29, 0.717) is 17.8 Å². The number of thiophene rings is 1. The first-order valence-electron chi connectivity index (χ1n) is 4.75. The van der Waals surface area contributed by atoms with E-state index in [1.54, 1.807) is 0 Å². The Morgan fingerprint density at radius 3 is 3.13 bits per heavy atom. The lowest BCUT2D eigenvalue weighted by Crippen LogP contribution is -2.22. The van der Waals surface area contributed by atoms with Crippen molar-refractivity contribution in [2.75, 3.05) is 13.2 Å². The van der Waals surface area contributed by atoms with Gasteiger partial charge in [0, 0.05) is 18.5 Å². The summed E-state index contributed by atoms with van der Waals surface area (Å²) < 4.78 is 0. The Morgan fingerprint density at radius 2 is 2.47 bits per heavy atom. The summed E-state index contributed by atoms with van der Waals surface area (Å²) in [6, 6.07) is 1.82. The van der Waals surface area contributed by atoms with Gasteiger partial charge in [0.25, 0.3) is 5.91 Å². The molecular weight excluding hydrogens is 210 g/mol. The number of aliphatic hydroxyl groups is 1. The molecule has 0 aliphatic carbocycles. The fourth-order valence-corrected chi connectivity index (χ4v) is 1.80. The van der Waals surface area contributed by atoms with Crippen LogP contribution in [0.5, 0.6) is 0 Å². The monoisotopic (exact) mass is 223 g/mol. The second-order valence-electron chi connectivity index (χ2n) is 2.80. The van der Waals surface area contributed by atoms with Crippen LogP contribution in [-0.4, -0.2) is 24.2 Å². The fourth-order valence-electron chi connectivity index (χ4n) is 1.04. The SMILES string of the molecule is CCNC(=O)c1sccc1C#CCCO. The minimum absolute atomic E-state index is 0.0492. The second-order valence-corrected chi connectivity index (χ2v) is 3.71. The predicted octanol–water partition coefficient (Wildman–Crippen LogP) is 1.23. The van der Waals surface area contributed by atoms with Gasteiger partial charge in [-0.25, -0.2) is 0 Å². The maximum atomic E-state index is 11.5. The quantitative estimate of drug-likeness (QED) is 0.757. The number of carbonyl (C=O) groups excluding carboxylic acids is 1. The van der Waals surface area contributed by atoms with E-state index in [4.69, 9.17) is 5.11 Å². The average Bonchev–Trinajstić information content (AvgIpc) is 2.67. The molecule has 1 heterocycles. The van der Waals surface area contributed by atoms with Gasteiger partial charge in [0.1, 0.15) is 4.88 Å². The summed E-state index contributed by atoms with van der Waals surface area (Å²) in [7, 11) is 0. The molecule has 0 aliphatic heterocycles. The third-order valence-corrected chi connectivity index (χ3v) is 2.58. The largest absolute Gasteiger partial charge is 0.395 e. The van der Waals surface area contributed by atoms with Crippen molar-refractivity contribution in [1.29, 1.82) is 0 Å². The van der Waals surface area contributed by atoms with E-state index < -0.39 is 0 Å². The van der Waals surface area contributed by atoms with E-state index in [0.717, 1.165) is 5.56 Å². The van der Waals surface area contributed by atoms with Crippen LogP contribution in [0.15, 0.2) is 11.4 Å². The van der Waals surface area contributed by atoms with Crippen LogP contribution in [0.3, 0.4) is 0 Å². The first-order chi connectivity index (χ1) is 7.29. The molecule has 2 N–H and O–H groups in total. The van der Waals surface area contributed by atoms with Gasteiger partial charge in [-0.15, -0.1) is 11.3 Å². The normalized spacial score (nSPS) is 9.20. The number of hydrogen-bond donors (Lipinski definition) is 2. The Bertz CT molecular complexity index is 387. The first kappa shape index (κ1) is 11.8. The molecule has 0 aromatic carbocycles. The van der Waals surface area contributed by atoms with Gasteiger partial charge in [0.05, 0.1) is 6.61 Å².